The molecule has 0 spiro atoms. The van der Waals surface area contributed by atoms with Gasteiger partial charge in [-0.2, -0.15) is 0 Å². The number of hydrogen-bond donors (Lipinski definition) is 0. The Morgan fingerprint density at radius 3 is 1.74 bits per heavy atom. The van der Waals surface area contributed by atoms with Crippen molar-refractivity contribution in [2.45, 2.75) is 26.2 Å². The summed E-state index contributed by atoms with van der Waals surface area (Å²) in [6.07, 6.45) is 0. The predicted molar refractivity (Wildman–Crippen MR) is 158 cm³/mol. The summed E-state index contributed by atoms with van der Waals surface area (Å²) in [6, 6.07) is 27.9. The van der Waals surface area contributed by atoms with Gasteiger partial charge in [0.05, 0.1) is 6.85 Å². The Morgan fingerprint density at radius 1 is 0.500 bits per heavy atom. The standard InChI is InChI=1S/C35H29N3/c1-35(2,3)34-37-32(30-21-13-10-18-26(30)24-14-6-4-7-15-24)36-33(38-34)31-23-22-27(25-16-8-5-9-17-25)28-19-11-12-20-29(28)31/h4-23H,1-3H3/i5D,8D,9D,16D,17D. The third-order valence-corrected chi connectivity index (χ3v) is 6.49. The van der Waals surface area contributed by atoms with Crippen LogP contribution in [0.4, 0.5) is 0 Å². The first kappa shape index (κ1) is 18.6. The molecular formula is C35H29N3. The fourth-order valence-corrected chi connectivity index (χ4v) is 4.60. The van der Waals surface area contributed by atoms with E-state index in [9.17, 15) is 0 Å². The fourth-order valence-electron chi connectivity index (χ4n) is 4.60. The third-order valence-electron chi connectivity index (χ3n) is 6.49. The molecule has 0 aliphatic carbocycles. The molecule has 1 heterocycles. The predicted octanol–water partition coefficient (Wildman–Crippen LogP) is 8.99. The van der Waals surface area contributed by atoms with E-state index in [1.54, 1.807) is 6.07 Å². The average molecular weight is 497 g/mol. The van der Waals surface area contributed by atoms with E-state index in [-0.39, 0.29) is 35.1 Å². The van der Waals surface area contributed by atoms with E-state index >= 15 is 0 Å². The summed E-state index contributed by atoms with van der Waals surface area (Å²) in [5.41, 5.74) is 4.08. The van der Waals surface area contributed by atoms with Crippen LogP contribution in [-0.2, 0) is 5.41 Å². The highest BCUT2D eigenvalue weighted by Crippen LogP contribution is 2.37. The minimum absolute atomic E-state index is 0.164. The highest BCUT2D eigenvalue weighted by atomic mass is 15.0. The molecule has 0 aliphatic rings. The molecule has 0 bridgehead atoms. The first-order valence-corrected chi connectivity index (χ1v) is 12.6. The molecule has 6 rings (SSSR count). The minimum Gasteiger partial charge on any atom is -0.212 e. The minimum atomic E-state index is -0.414. The van der Waals surface area contributed by atoms with Crippen molar-refractivity contribution in [1.82, 2.24) is 15.0 Å². The van der Waals surface area contributed by atoms with Crippen LogP contribution in [0.5, 0.6) is 0 Å². The summed E-state index contributed by atoms with van der Waals surface area (Å²) in [4.78, 5) is 14.9. The first-order valence-electron chi connectivity index (χ1n) is 15.1. The molecule has 6 aromatic rings. The lowest BCUT2D eigenvalue weighted by Gasteiger charge is -2.19. The van der Waals surface area contributed by atoms with Crippen molar-refractivity contribution in [3.05, 3.63) is 127 Å². The van der Waals surface area contributed by atoms with Gasteiger partial charge in [0.1, 0.15) is 5.82 Å². The Labute approximate surface area is 230 Å². The van der Waals surface area contributed by atoms with Crippen molar-refractivity contribution in [2.24, 2.45) is 0 Å². The molecular weight excluding hydrogens is 462 g/mol. The second-order valence-electron chi connectivity index (χ2n) is 10.2. The molecule has 0 amide bonds. The summed E-state index contributed by atoms with van der Waals surface area (Å²) >= 11 is 0. The number of hydrogen-bond acceptors (Lipinski definition) is 3. The van der Waals surface area contributed by atoms with Crippen LogP contribution in [0.3, 0.4) is 0 Å². The average Bonchev–Trinajstić information content (AvgIpc) is 3.02. The highest BCUT2D eigenvalue weighted by Gasteiger charge is 2.23. The van der Waals surface area contributed by atoms with Gasteiger partial charge in [0.2, 0.25) is 0 Å². The number of benzene rings is 5. The molecule has 0 N–H and O–H groups in total. The maximum Gasteiger partial charge on any atom is 0.164 e. The van der Waals surface area contributed by atoms with Gasteiger partial charge in [0, 0.05) is 16.5 Å². The normalized spacial score (nSPS) is 13.4. The molecule has 184 valence electrons. The zero-order chi connectivity index (χ0) is 30.5. The quantitative estimate of drug-likeness (QED) is 0.244. The van der Waals surface area contributed by atoms with Gasteiger partial charge in [-0.25, -0.2) is 15.0 Å². The number of rotatable bonds is 4. The molecule has 38 heavy (non-hydrogen) atoms. The van der Waals surface area contributed by atoms with Crippen LogP contribution in [0.25, 0.3) is 55.8 Å². The molecule has 0 radical (unpaired) electrons. The van der Waals surface area contributed by atoms with Crippen LogP contribution in [0, 0.1) is 0 Å². The van der Waals surface area contributed by atoms with E-state index < -0.39 is 6.04 Å². The second-order valence-corrected chi connectivity index (χ2v) is 10.2. The Balaban J connectivity index is 1.61. The molecule has 0 aliphatic heterocycles. The zero-order valence-corrected chi connectivity index (χ0v) is 21.5. The molecule has 3 nitrogen and oxygen atoms in total. The molecule has 0 fully saturated rings. The van der Waals surface area contributed by atoms with Gasteiger partial charge in [-0.15, -0.1) is 0 Å². The van der Waals surface area contributed by atoms with Gasteiger partial charge >= 0.3 is 0 Å². The Kier molecular flexibility index (Phi) is 4.73. The highest BCUT2D eigenvalue weighted by molar-refractivity contribution is 6.04. The first-order chi connectivity index (χ1) is 20.6. The topological polar surface area (TPSA) is 38.7 Å². The van der Waals surface area contributed by atoms with E-state index in [1.165, 1.54) is 0 Å². The number of nitrogens with zero attached hydrogens (tertiary/aromatic N) is 3. The van der Waals surface area contributed by atoms with Gasteiger partial charge < -0.3 is 0 Å². The number of fused-ring (bicyclic) bond motifs is 1. The van der Waals surface area contributed by atoms with Crippen molar-refractivity contribution in [3.8, 4) is 45.0 Å². The summed E-state index contributed by atoms with van der Waals surface area (Å²) in [7, 11) is 0. The number of aromatic nitrogens is 3. The molecule has 0 unspecified atom stereocenters. The van der Waals surface area contributed by atoms with Crippen molar-refractivity contribution in [3.63, 3.8) is 0 Å². The Bertz CT molecular complexity index is 1990. The lowest BCUT2D eigenvalue weighted by Crippen LogP contribution is -2.18. The van der Waals surface area contributed by atoms with E-state index in [4.69, 9.17) is 21.8 Å². The van der Waals surface area contributed by atoms with E-state index in [0.29, 0.717) is 23.0 Å². The second kappa shape index (κ2) is 9.68. The van der Waals surface area contributed by atoms with Crippen molar-refractivity contribution >= 4 is 10.8 Å². The summed E-state index contributed by atoms with van der Waals surface area (Å²) in [5.74, 6) is 1.71. The zero-order valence-electron chi connectivity index (χ0n) is 26.5. The fraction of sp³-hybridized carbons (Fsp3) is 0.114. The van der Waals surface area contributed by atoms with Gasteiger partial charge in [0.25, 0.3) is 0 Å². The maximum atomic E-state index is 8.57. The van der Waals surface area contributed by atoms with Crippen LogP contribution < -0.4 is 0 Å². The lowest BCUT2D eigenvalue weighted by atomic mass is 9.93. The van der Waals surface area contributed by atoms with E-state index in [1.807, 2.05) is 66.7 Å². The molecule has 1 aromatic heterocycles. The summed E-state index contributed by atoms with van der Waals surface area (Å²) in [6.45, 7) is 6.20. The molecule has 5 aromatic carbocycles. The van der Waals surface area contributed by atoms with Gasteiger partial charge in [-0.05, 0) is 39.1 Å². The lowest BCUT2D eigenvalue weighted by molar-refractivity contribution is 0.544. The molecule has 3 heteroatoms. The van der Waals surface area contributed by atoms with Crippen LogP contribution in [0.15, 0.2) is 121 Å². The SMILES string of the molecule is [2H]c1c([2H])c([2H])c(-c2ccc(-c3nc(-c4ccccc4-c4ccccc4)nc(C(C)(C)C)n3)c3ccccc23)c([2H])c1[2H]. The van der Waals surface area contributed by atoms with Gasteiger partial charge in [-0.1, -0.05) is 136 Å². The van der Waals surface area contributed by atoms with Gasteiger partial charge in [0.15, 0.2) is 11.6 Å². The molecule has 0 saturated heterocycles. The molecule has 0 atom stereocenters. The van der Waals surface area contributed by atoms with Gasteiger partial charge in [-0.3, -0.25) is 0 Å². The van der Waals surface area contributed by atoms with Crippen LogP contribution in [0.2, 0.25) is 0 Å². The van der Waals surface area contributed by atoms with E-state index in [2.05, 4.69) is 39.0 Å². The smallest absolute Gasteiger partial charge is 0.164 e. The van der Waals surface area contributed by atoms with Crippen molar-refractivity contribution < 1.29 is 6.85 Å². The third kappa shape index (κ3) is 4.48. The largest absolute Gasteiger partial charge is 0.212 e. The van der Waals surface area contributed by atoms with E-state index in [0.717, 1.165) is 33.0 Å². The monoisotopic (exact) mass is 496 g/mol. The van der Waals surface area contributed by atoms with Crippen molar-refractivity contribution in [2.75, 3.05) is 0 Å². The summed E-state index contributed by atoms with van der Waals surface area (Å²) in [5, 5.41) is 1.54. The molecule has 0 saturated carbocycles. The van der Waals surface area contributed by atoms with Crippen molar-refractivity contribution in [1.29, 1.82) is 0 Å². The Morgan fingerprint density at radius 2 is 1.05 bits per heavy atom. The Hall–Kier alpha value is -4.63. The van der Waals surface area contributed by atoms with Crippen LogP contribution >= 0.6 is 0 Å². The summed E-state index contributed by atoms with van der Waals surface area (Å²) < 4.78 is 41.6. The van der Waals surface area contributed by atoms with Crippen LogP contribution in [0.1, 0.15) is 33.4 Å². The van der Waals surface area contributed by atoms with Crippen LogP contribution in [-0.4, -0.2) is 15.0 Å². The maximum absolute atomic E-state index is 8.57.